The Morgan fingerprint density at radius 2 is 1.88 bits per heavy atom. The molecule has 0 aliphatic heterocycles. The number of hydrogen-bond donors (Lipinski definition) is 1. The molecule has 1 heterocycles. The first kappa shape index (κ1) is 11.0. The van der Waals surface area contributed by atoms with Crippen molar-refractivity contribution in [1.82, 2.24) is 4.98 Å². The third kappa shape index (κ3) is 2.34. The van der Waals surface area contributed by atoms with Gasteiger partial charge in [0.25, 0.3) is 0 Å². The molecule has 0 saturated carbocycles. The zero-order valence-electron chi connectivity index (χ0n) is 9.33. The molecule has 0 saturated heterocycles. The van der Waals surface area contributed by atoms with Gasteiger partial charge in [-0.3, -0.25) is 0 Å². The third-order valence-corrected chi connectivity index (χ3v) is 2.46. The number of phenols is 1. The van der Waals surface area contributed by atoms with Crippen LogP contribution in [0.2, 0.25) is 0 Å². The van der Waals surface area contributed by atoms with Crippen LogP contribution < -0.4 is 4.90 Å². The van der Waals surface area contributed by atoms with Gasteiger partial charge in [0.15, 0.2) is 0 Å². The Bertz CT molecular complexity index is 540. The Morgan fingerprint density at radius 3 is 2.41 bits per heavy atom. The second kappa shape index (κ2) is 4.54. The number of nitriles is 1. The summed E-state index contributed by atoms with van der Waals surface area (Å²) < 4.78 is 0. The minimum atomic E-state index is 0.231. The quantitative estimate of drug-likeness (QED) is 0.852. The van der Waals surface area contributed by atoms with Crippen molar-refractivity contribution in [2.75, 3.05) is 11.9 Å². The van der Waals surface area contributed by atoms with Gasteiger partial charge >= 0.3 is 0 Å². The van der Waals surface area contributed by atoms with Gasteiger partial charge in [0.05, 0.1) is 5.56 Å². The van der Waals surface area contributed by atoms with Crippen LogP contribution in [0.15, 0.2) is 42.6 Å². The lowest BCUT2D eigenvalue weighted by molar-refractivity contribution is 0.475. The van der Waals surface area contributed by atoms with Gasteiger partial charge in [0.2, 0.25) is 0 Å². The van der Waals surface area contributed by atoms with Crippen LogP contribution in [0.3, 0.4) is 0 Å². The molecule has 4 heteroatoms. The summed E-state index contributed by atoms with van der Waals surface area (Å²) >= 11 is 0. The van der Waals surface area contributed by atoms with Crippen LogP contribution in [0, 0.1) is 11.3 Å². The molecule has 84 valence electrons. The lowest BCUT2D eigenvalue weighted by Crippen LogP contribution is -2.10. The van der Waals surface area contributed by atoms with E-state index in [1.54, 1.807) is 36.4 Å². The molecule has 0 aliphatic rings. The highest BCUT2D eigenvalue weighted by molar-refractivity contribution is 5.60. The van der Waals surface area contributed by atoms with Crippen LogP contribution >= 0.6 is 0 Å². The van der Waals surface area contributed by atoms with Crippen LogP contribution in [0.5, 0.6) is 5.75 Å². The molecule has 0 spiro atoms. The van der Waals surface area contributed by atoms with Crippen molar-refractivity contribution in [3.8, 4) is 11.8 Å². The summed E-state index contributed by atoms with van der Waals surface area (Å²) in [5, 5.41) is 17.9. The van der Waals surface area contributed by atoms with Crippen molar-refractivity contribution < 1.29 is 5.11 Å². The zero-order valence-corrected chi connectivity index (χ0v) is 9.33. The summed E-state index contributed by atoms with van der Waals surface area (Å²) in [7, 11) is 1.88. The molecule has 0 amide bonds. The van der Waals surface area contributed by atoms with E-state index in [0.29, 0.717) is 5.56 Å². The summed E-state index contributed by atoms with van der Waals surface area (Å²) in [6, 6.07) is 12.4. The maximum Gasteiger partial charge on any atom is 0.132 e. The number of hydrogen-bond acceptors (Lipinski definition) is 4. The van der Waals surface area contributed by atoms with Crippen LogP contribution in [0.4, 0.5) is 11.5 Å². The van der Waals surface area contributed by atoms with E-state index in [9.17, 15) is 5.11 Å². The highest BCUT2D eigenvalue weighted by Gasteiger charge is 2.04. The maximum absolute atomic E-state index is 9.21. The zero-order chi connectivity index (χ0) is 12.3. The van der Waals surface area contributed by atoms with Gasteiger partial charge in [0.1, 0.15) is 17.6 Å². The highest BCUT2D eigenvalue weighted by atomic mass is 16.3. The summed E-state index contributed by atoms with van der Waals surface area (Å²) in [5.41, 5.74) is 1.45. The standard InChI is InChI=1S/C13H11N3O/c1-16(11-3-5-12(17)6-4-11)13-7-2-10(8-14)9-15-13/h2-7,9,17H,1H3. The normalized spacial score (nSPS) is 9.65. The number of pyridine rings is 1. The predicted octanol–water partition coefficient (Wildman–Crippen LogP) is 2.43. The summed E-state index contributed by atoms with van der Waals surface area (Å²) in [5.74, 6) is 0.977. The summed E-state index contributed by atoms with van der Waals surface area (Å²) in [4.78, 5) is 6.06. The van der Waals surface area contributed by atoms with Crippen molar-refractivity contribution in [1.29, 1.82) is 5.26 Å². The van der Waals surface area contributed by atoms with E-state index in [4.69, 9.17) is 5.26 Å². The Hall–Kier alpha value is -2.54. The molecule has 2 aromatic rings. The number of aromatic nitrogens is 1. The fraction of sp³-hybridized carbons (Fsp3) is 0.0769. The van der Waals surface area contributed by atoms with Crippen LogP contribution in [0.25, 0.3) is 0 Å². The van der Waals surface area contributed by atoms with E-state index in [1.807, 2.05) is 18.0 Å². The lowest BCUT2D eigenvalue weighted by Gasteiger charge is -2.18. The fourth-order valence-electron chi connectivity index (χ4n) is 1.46. The molecule has 1 aromatic heterocycles. The van der Waals surface area contributed by atoms with Gasteiger partial charge in [0, 0.05) is 18.9 Å². The number of anilines is 2. The Labute approximate surface area is 99.4 Å². The van der Waals surface area contributed by atoms with Crippen molar-refractivity contribution in [2.45, 2.75) is 0 Å². The number of rotatable bonds is 2. The number of benzene rings is 1. The van der Waals surface area contributed by atoms with E-state index in [0.717, 1.165) is 11.5 Å². The first-order valence-corrected chi connectivity index (χ1v) is 5.09. The first-order chi connectivity index (χ1) is 8.20. The van der Waals surface area contributed by atoms with Gasteiger partial charge in [-0.15, -0.1) is 0 Å². The molecule has 4 nitrogen and oxygen atoms in total. The van der Waals surface area contributed by atoms with Gasteiger partial charge < -0.3 is 10.0 Å². The molecule has 0 fully saturated rings. The number of phenolic OH excluding ortho intramolecular Hbond substituents is 1. The molecule has 1 aromatic carbocycles. The molecule has 2 rings (SSSR count). The first-order valence-electron chi connectivity index (χ1n) is 5.09. The Balaban J connectivity index is 2.27. The largest absolute Gasteiger partial charge is 0.508 e. The van der Waals surface area contributed by atoms with Crippen molar-refractivity contribution >= 4 is 11.5 Å². The third-order valence-electron chi connectivity index (χ3n) is 2.46. The van der Waals surface area contributed by atoms with E-state index in [2.05, 4.69) is 4.98 Å². The highest BCUT2D eigenvalue weighted by Crippen LogP contribution is 2.23. The lowest BCUT2D eigenvalue weighted by atomic mass is 10.2. The molecule has 0 unspecified atom stereocenters. The van der Waals surface area contributed by atoms with Crippen LogP contribution in [0.1, 0.15) is 5.56 Å². The molecular formula is C13H11N3O. The van der Waals surface area contributed by atoms with Crippen LogP contribution in [-0.2, 0) is 0 Å². The smallest absolute Gasteiger partial charge is 0.132 e. The molecule has 1 N–H and O–H groups in total. The number of nitrogens with zero attached hydrogens (tertiary/aromatic N) is 3. The average molecular weight is 225 g/mol. The summed E-state index contributed by atoms with van der Waals surface area (Å²) in [6.45, 7) is 0. The van der Waals surface area contributed by atoms with Gasteiger partial charge in [-0.05, 0) is 36.4 Å². The second-order valence-electron chi connectivity index (χ2n) is 3.59. The maximum atomic E-state index is 9.21. The minimum absolute atomic E-state index is 0.231. The van der Waals surface area contributed by atoms with Crippen molar-refractivity contribution in [3.05, 3.63) is 48.2 Å². The van der Waals surface area contributed by atoms with E-state index in [-0.39, 0.29) is 5.75 Å². The molecule has 17 heavy (non-hydrogen) atoms. The van der Waals surface area contributed by atoms with Crippen molar-refractivity contribution in [3.63, 3.8) is 0 Å². The molecular weight excluding hydrogens is 214 g/mol. The van der Waals surface area contributed by atoms with E-state index >= 15 is 0 Å². The average Bonchev–Trinajstić information content (AvgIpc) is 2.39. The topological polar surface area (TPSA) is 60.1 Å². The minimum Gasteiger partial charge on any atom is -0.508 e. The molecule has 0 radical (unpaired) electrons. The molecule has 0 atom stereocenters. The fourth-order valence-corrected chi connectivity index (χ4v) is 1.46. The summed E-state index contributed by atoms with van der Waals surface area (Å²) in [6.07, 6.45) is 1.53. The predicted molar refractivity (Wildman–Crippen MR) is 65.1 cm³/mol. The monoisotopic (exact) mass is 225 g/mol. The van der Waals surface area contributed by atoms with Gasteiger partial charge in [-0.2, -0.15) is 5.26 Å². The Morgan fingerprint density at radius 1 is 1.18 bits per heavy atom. The van der Waals surface area contributed by atoms with Crippen molar-refractivity contribution in [2.24, 2.45) is 0 Å². The second-order valence-corrected chi connectivity index (χ2v) is 3.59. The van der Waals surface area contributed by atoms with Gasteiger partial charge in [-0.1, -0.05) is 0 Å². The van der Waals surface area contributed by atoms with Crippen LogP contribution in [-0.4, -0.2) is 17.1 Å². The Kier molecular flexibility index (Phi) is 2.93. The SMILES string of the molecule is CN(c1ccc(O)cc1)c1ccc(C#N)cn1. The number of aromatic hydroxyl groups is 1. The van der Waals surface area contributed by atoms with Gasteiger partial charge in [-0.25, -0.2) is 4.98 Å². The van der Waals surface area contributed by atoms with E-state index in [1.165, 1.54) is 6.20 Å². The van der Waals surface area contributed by atoms with E-state index < -0.39 is 0 Å². The molecule has 0 bridgehead atoms. The molecule has 0 aliphatic carbocycles.